The van der Waals surface area contributed by atoms with Crippen LogP contribution in [0.5, 0.6) is 0 Å². The van der Waals surface area contributed by atoms with E-state index in [9.17, 15) is 4.79 Å². The second-order valence-electron chi connectivity index (χ2n) is 6.82. The first-order valence-corrected chi connectivity index (χ1v) is 8.75. The Morgan fingerprint density at radius 2 is 2.09 bits per heavy atom. The highest BCUT2D eigenvalue weighted by Crippen LogP contribution is 2.30. The minimum absolute atomic E-state index is 0.00513. The zero-order valence-electron chi connectivity index (χ0n) is 14.1. The first-order chi connectivity index (χ1) is 11.2. The van der Waals surface area contributed by atoms with Crippen LogP contribution in [0.15, 0.2) is 18.3 Å². The Labute approximate surface area is 138 Å². The molecule has 23 heavy (non-hydrogen) atoms. The van der Waals surface area contributed by atoms with Crippen LogP contribution < -0.4 is 10.2 Å². The molecule has 2 aliphatic rings. The Morgan fingerprint density at radius 1 is 1.30 bits per heavy atom. The molecule has 1 aliphatic heterocycles. The molecule has 5 heteroatoms. The molecule has 0 aromatic carbocycles. The standard InChI is InChI=1S/C18H27N3O2/c1-13-5-3-7-16(14(13)2)20-18(22)15-6-4-8-19-17(15)21-9-11-23-12-10-21/h4,6,8,13-14,16H,3,5,7,9-12H2,1-2H3,(H,20,22)/t13-,14+,16-/m1/s1. The molecule has 2 fully saturated rings. The van der Waals surface area contributed by atoms with Gasteiger partial charge in [0.05, 0.1) is 18.8 Å². The number of carbonyl (C=O) groups is 1. The molecular weight excluding hydrogens is 290 g/mol. The molecular formula is C18H27N3O2. The number of nitrogens with zero attached hydrogens (tertiary/aromatic N) is 2. The molecule has 1 N–H and O–H groups in total. The molecule has 0 spiro atoms. The minimum atomic E-state index is 0.00513. The van der Waals surface area contributed by atoms with E-state index in [2.05, 4.69) is 29.0 Å². The van der Waals surface area contributed by atoms with E-state index < -0.39 is 0 Å². The molecule has 1 aromatic heterocycles. The second kappa shape index (κ2) is 7.30. The fourth-order valence-electron chi connectivity index (χ4n) is 3.63. The molecule has 1 aromatic rings. The third-order valence-electron chi connectivity index (χ3n) is 5.37. The van der Waals surface area contributed by atoms with Crippen LogP contribution in [0.1, 0.15) is 43.5 Å². The molecule has 3 rings (SSSR count). The lowest BCUT2D eigenvalue weighted by Crippen LogP contribution is -2.44. The van der Waals surface area contributed by atoms with Gasteiger partial charge in [-0.15, -0.1) is 0 Å². The largest absolute Gasteiger partial charge is 0.378 e. The Bertz CT molecular complexity index is 543. The maximum absolute atomic E-state index is 12.8. The predicted molar refractivity (Wildman–Crippen MR) is 90.7 cm³/mol. The number of nitrogens with one attached hydrogen (secondary N) is 1. The predicted octanol–water partition coefficient (Wildman–Crippen LogP) is 2.47. The molecule has 1 aliphatic carbocycles. The second-order valence-corrected chi connectivity index (χ2v) is 6.82. The van der Waals surface area contributed by atoms with Gasteiger partial charge < -0.3 is 15.0 Å². The third kappa shape index (κ3) is 3.66. The SMILES string of the molecule is C[C@H]1[C@H](C)CCC[C@H]1NC(=O)c1cccnc1N1CCOCC1. The third-order valence-corrected chi connectivity index (χ3v) is 5.37. The van der Waals surface area contributed by atoms with E-state index in [4.69, 9.17) is 4.74 Å². The summed E-state index contributed by atoms with van der Waals surface area (Å²) in [6.45, 7) is 7.49. The van der Waals surface area contributed by atoms with Gasteiger partial charge in [0.25, 0.3) is 5.91 Å². The lowest BCUT2D eigenvalue weighted by molar-refractivity contribution is 0.0889. The number of hydrogen-bond acceptors (Lipinski definition) is 4. The summed E-state index contributed by atoms with van der Waals surface area (Å²) < 4.78 is 5.40. The maximum atomic E-state index is 12.8. The lowest BCUT2D eigenvalue weighted by Gasteiger charge is -2.35. The van der Waals surface area contributed by atoms with Crippen molar-refractivity contribution in [2.45, 2.75) is 39.2 Å². The highest BCUT2D eigenvalue weighted by Gasteiger charge is 2.29. The summed E-state index contributed by atoms with van der Waals surface area (Å²) in [5, 5.41) is 3.26. The van der Waals surface area contributed by atoms with E-state index in [0.717, 1.165) is 25.3 Å². The number of carbonyl (C=O) groups excluding carboxylic acids is 1. The van der Waals surface area contributed by atoms with Gasteiger partial charge in [-0.3, -0.25) is 4.79 Å². The van der Waals surface area contributed by atoms with E-state index in [1.54, 1.807) is 6.20 Å². The average Bonchev–Trinajstić information content (AvgIpc) is 2.60. The fourth-order valence-corrected chi connectivity index (χ4v) is 3.63. The molecule has 1 saturated carbocycles. The van der Waals surface area contributed by atoms with Crippen LogP contribution in [-0.2, 0) is 4.74 Å². The van der Waals surface area contributed by atoms with Gasteiger partial charge in [0.1, 0.15) is 5.82 Å². The van der Waals surface area contributed by atoms with Crippen molar-refractivity contribution in [1.82, 2.24) is 10.3 Å². The Kier molecular flexibility index (Phi) is 5.16. The molecule has 3 atom stereocenters. The van der Waals surface area contributed by atoms with Crippen molar-refractivity contribution in [2.24, 2.45) is 11.8 Å². The zero-order chi connectivity index (χ0) is 16.2. The number of amides is 1. The highest BCUT2D eigenvalue weighted by atomic mass is 16.5. The van der Waals surface area contributed by atoms with Gasteiger partial charge in [0.2, 0.25) is 0 Å². The Morgan fingerprint density at radius 3 is 2.87 bits per heavy atom. The molecule has 2 heterocycles. The average molecular weight is 317 g/mol. The highest BCUT2D eigenvalue weighted by molar-refractivity contribution is 5.99. The quantitative estimate of drug-likeness (QED) is 0.930. The Balaban J connectivity index is 1.74. The number of aromatic nitrogens is 1. The number of morpholine rings is 1. The van der Waals surface area contributed by atoms with Crippen LogP contribution in [0, 0.1) is 11.8 Å². The van der Waals surface area contributed by atoms with E-state index in [0.29, 0.717) is 30.6 Å². The van der Waals surface area contributed by atoms with Gasteiger partial charge in [-0.2, -0.15) is 0 Å². The summed E-state index contributed by atoms with van der Waals surface area (Å²) in [7, 11) is 0. The summed E-state index contributed by atoms with van der Waals surface area (Å²) in [6.07, 6.45) is 5.29. The number of hydrogen-bond donors (Lipinski definition) is 1. The van der Waals surface area contributed by atoms with Gasteiger partial charge in [0.15, 0.2) is 0 Å². The monoisotopic (exact) mass is 317 g/mol. The van der Waals surface area contributed by atoms with Crippen molar-refractivity contribution >= 4 is 11.7 Å². The minimum Gasteiger partial charge on any atom is -0.378 e. The van der Waals surface area contributed by atoms with Gasteiger partial charge in [-0.1, -0.05) is 26.7 Å². The van der Waals surface area contributed by atoms with Gasteiger partial charge >= 0.3 is 0 Å². The molecule has 1 saturated heterocycles. The topological polar surface area (TPSA) is 54.5 Å². The number of pyridine rings is 1. The maximum Gasteiger partial charge on any atom is 0.255 e. The van der Waals surface area contributed by atoms with Crippen LogP contribution in [0.4, 0.5) is 5.82 Å². The molecule has 126 valence electrons. The summed E-state index contributed by atoms with van der Waals surface area (Å²) in [4.78, 5) is 19.4. The fraction of sp³-hybridized carbons (Fsp3) is 0.667. The van der Waals surface area contributed by atoms with E-state index in [-0.39, 0.29) is 11.9 Å². The van der Waals surface area contributed by atoms with Crippen LogP contribution in [0.3, 0.4) is 0 Å². The van der Waals surface area contributed by atoms with Crippen LogP contribution in [0.2, 0.25) is 0 Å². The van der Waals surface area contributed by atoms with Crippen LogP contribution >= 0.6 is 0 Å². The van der Waals surface area contributed by atoms with Crippen LogP contribution in [0.25, 0.3) is 0 Å². The lowest BCUT2D eigenvalue weighted by atomic mass is 9.78. The zero-order valence-corrected chi connectivity index (χ0v) is 14.1. The normalized spacial score (nSPS) is 28.4. The number of ether oxygens (including phenoxy) is 1. The van der Waals surface area contributed by atoms with Crippen molar-refractivity contribution in [3.05, 3.63) is 23.9 Å². The van der Waals surface area contributed by atoms with Crippen molar-refractivity contribution in [3.63, 3.8) is 0 Å². The smallest absolute Gasteiger partial charge is 0.255 e. The van der Waals surface area contributed by atoms with E-state index >= 15 is 0 Å². The van der Waals surface area contributed by atoms with Gasteiger partial charge in [-0.05, 0) is 30.4 Å². The summed E-state index contributed by atoms with van der Waals surface area (Å²) in [5.74, 6) is 1.98. The van der Waals surface area contributed by atoms with Crippen molar-refractivity contribution in [3.8, 4) is 0 Å². The van der Waals surface area contributed by atoms with Crippen LogP contribution in [-0.4, -0.2) is 43.2 Å². The summed E-state index contributed by atoms with van der Waals surface area (Å²) in [6, 6.07) is 3.99. The van der Waals surface area contributed by atoms with E-state index in [1.807, 2.05) is 12.1 Å². The first kappa shape index (κ1) is 16.2. The van der Waals surface area contributed by atoms with Crippen molar-refractivity contribution in [1.29, 1.82) is 0 Å². The molecule has 5 nitrogen and oxygen atoms in total. The van der Waals surface area contributed by atoms with E-state index in [1.165, 1.54) is 12.8 Å². The molecule has 0 bridgehead atoms. The molecule has 1 amide bonds. The Hall–Kier alpha value is -1.62. The number of rotatable bonds is 3. The first-order valence-electron chi connectivity index (χ1n) is 8.75. The summed E-state index contributed by atoms with van der Waals surface area (Å²) in [5.41, 5.74) is 0.680. The summed E-state index contributed by atoms with van der Waals surface area (Å²) >= 11 is 0. The van der Waals surface area contributed by atoms with Crippen molar-refractivity contribution in [2.75, 3.05) is 31.2 Å². The number of anilines is 1. The molecule has 0 unspecified atom stereocenters. The van der Waals surface area contributed by atoms with Gasteiger partial charge in [0, 0.05) is 25.3 Å². The van der Waals surface area contributed by atoms with Gasteiger partial charge in [-0.25, -0.2) is 4.98 Å². The molecule has 0 radical (unpaired) electrons. The van der Waals surface area contributed by atoms with Crippen molar-refractivity contribution < 1.29 is 9.53 Å².